The van der Waals surface area contributed by atoms with Crippen LogP contribution < -0.4 is 5.32 Å². The van der Waals surface area contributed by atoms with Gasteiger partial charge in [0.25, 0.3) is 0 Å². The van der Waals surface area contributed by atoms with E-state index < -0.39 is 23.1 Å². The fourth-order valence-corrected chi connectivity index (χ4v) is 3.52. The predicted molar refractivity (Wildman–Crippen MR) is 64.0 cm³/mol. The van der Waals surface area contributed by atoms with Crippen molar-refractivity contribution in [2.45, 2.75) is 49.8 Å². The largest absolute Gasteiger partial charge is 0.385 e. The molecular weight excluding hydrogens is 255 g/mol. The molecule has 2 bridgehead atoms. The second-order valence-corrected chi connectivity index (χ2v) is 5.68. The van der Waals surface area contributed by atoms with Crippen LogP contribution in [0.25, 0.3) is 0 Å². The Bertz CT molecular complexity index is 470. The van der Waals surface area contributed by atoms with Gasteiger partial charge in [-0.1, -0.05) is 6.42 Å². The number of hydrogen-bond acceptors (Lipinski definition) is 2. The number of piperidine rings is 2. The first-order chi connectivity index (χ1) is 8.98. The Morgan fingerprint density at radius 3 is 2.11 bits per heavy atom. The molecule has 0 spiro atoms. The molecule has 19 heavy (non-hydrogen) atoms. The molecular formula is C14H16F3NO. The zero-order chi connectivity index (χ0) is 13.6. The van der Waals surface area contributed by atoms with Crippen molar-refractivity contribution in [2.24, 2.45) is 0 Å². The minimum absolute atomic E-state index is 0.0707. The standard InChI is InChI=1S/C14H16F3NO/c15-8-4-11(16)13(12(17)5-8)14(19)6-9-2-1-3-10(7-14)18-9/h4-5,9-10,18-19H,1-3,6-7H2. The smallest absolute Gasteiger partial charge is 0.135 e. The van der Waals surface area contributed by atoms with E-state index in [2.05, 4.69) is 5.32 Å². The van der Waals surface area contributed by atoms with Gasteiger partial charge >= 0.3 is 0 Å². The lowest BCUT2D eigenvalue weighted by atomic mass is 9.73. The summed E-state index contributed by atoms with van der Waals surface area (Å²) in [6.07, 6.45) is 3.38. The van der Waals surface area contributed by atoms with Gasteiger partial charge in [0.05, 0.1) is 11.2 Å². The summed E-state index contributed by atoms with van der Waals surface area (Å²) in [5, 5.41) is 14.0. The summed E-state index contributed by atoms with van der Waals surface area (Å²) in [6.45, 7) is 0. The van der Waals surface area contributed by atoms with Crippen molar-refractivity contribution in [2.75, 3.05) is 0 Å². The van der Waals surface area contributed by atoms with Crippen LogP contribution in [-0.2, 0) is 5.60 Å². The highest BCUT2D eigenvalue weighted by atomic mass is 19.1. The molecule has 0 aromatic heterocycles. The van der Waals surface area contributed by atoms with E-state index in [-0.39, 0.29) is 30.5 Å². The molecule has 2 unspecified atom stereocenters. The SMILES string of the molecule is OC1(c2c(F)cc(F)cc2F)CC2CCCC(C1)N2. The maximum absolute atomic E-state index is 13.9. The molecule has 0 radical (unpaired) electrons. The molecule has 2 aliphatic heterocycles. The van der Waals surface area contributed by atoms with Crippen molar-refractivity contribution in [1.82, 2.24) is 5.32 Å². The van der Waals surface area contributed by atoms with E-state index in [1.807, 2.05) is 0 Å². The third-order valence-corrected chi connectivity index (χ3v) is 4.22. The van der Waals surface area contributed by atoms with E-state index in [4.69, 9.17) is 0 Å². The molecule has 0 aliphatic carbocycles. The van der Waals surface area contributed by atoms with Gasteiger partial charge in [0.2, 0.25) is 0 Å². The van der Waals surface area contributed by atoms with Gasteiger partial charge in [-0.25, -0.2) is 13.2 Å². The zero-order valence-electron chi connectivity index (χ0n) is 10.4. The maximum atomic E-state index is 13.9. The summed E-state index contributed by atoms with van der Waals surface area (Å²) < 4.78 is 40.7. The van der Waals surface area contributed by atoms with Gasteiger partial charge in [-0.05, 0) is 25.7 Å². The molecule has 5 heteroatoms. The Morgan fingerprint density at radius 1 is 1.05 bits per heavy atom. The number of nitrogens with one attached hydrogen (secondary N) is 1. The fraction of sp³-hybridized carbons (Fsp3) is 0.571. The third kappa shape index (κ3) is 2.25. The molecule has 1 aromatic rings. The first-order valence-corrected chi connectivity index (χ1v) is 6.61. The van der Waals surface area contributed by atoms with Crippen LogP contribution in [0, 0.1) is 17.5 Å². The van der Waals surface area contributed by atoms with Crippen molar-refractivity contribution in [3.8, 4) is 0 Å². The summed E-state index contributed by atoms with van der Waals surface area (Å²) in [5.74, 6) is -2.96. The molecule has 2 fully saturated rings. The number of benzene rings is 1. The first kappa shape index (κ1) is 12.9. The van der Waals surface area contributed by atoms with Crippen LogP contribution in [0.1, 0.15) is 37.7 Å². The second kappa shape index (κ2) is 4.49. The van der Waals surface area contributed by atoms with Gasteiger partial charge in [0, 0.05) is 24.2 Å². The molecule has 2 aliphatic rings. The number of rotatable bonds is 1. The van der Waals surface area contributed by atoms with Gasteiger partial charge in [-0.15, -0.1) is 0 Å². The van der Waals surface area contributed by atoms with Crippen molar-refractivity contribution in [1.29, 1.82) is 0 Å². The average Bonchev–Trinajstić information content (AvgIpc) is 2.25. The molecule has 3 rings (SSSR count). The third-order valence-electron chi connectivity index (χ3n) is 4.22. The Morgan fingerprint density at radius 2 is 1.58 bits per heavy atom. The Labute approximate surface area is 109 Å². The molecule has 2 saturated heterocycles. The van der Waals surface area contributed by atoms with Gasteiger partial charge < -0.3 is 10.4 Å². The monoisotopic (exact) mass is 271 g/mol. The van der Waals surface area contributed by atoms with Crippen molar-refractivity contribution >= 4 is 0 Å². The number of halogens is 3. The number of fused-ring (bicyclic) bond motifs is 2. The van der Waals surface area contributed by atoms with Gasteiger partial charge in [0.1, 0.15) is 17.5 Å². The minimum atomic E-state index is -1.54. The molecule has 2 atom stereocenters. The highest BCUT2D eigenvalue weighted by Crippen LogP contribution is 2.41. The van der Waals surface area contributed by atoms with Gasteiger partial charge in [-0.3, -0.25) is 0 Å². The summed E-state index contributed by atoms with van der Waals surface area (Å²) >= 11 is 0. The summed E-state index contributed by atoms with van der Waals surface area (Å²) in [4.78, 5) is 0. The lowest BCUT2D eigenvalue weighted by molar-refractivity contribution is -0.0410. The highest BCUT2D eigenvalue weighted by molar-refractivity contribution is 5.28. The predicted octanol–water partition coefficient (Wildman–Crippen LogP) is 2.60. The molecule has 0 amide bonds. The second-order valence-electron chi connectivity index (χ2n) is 5.68. The van der Waals surface area contributed by atoms with Gasteiger partial charge in [0.15, 0.2) is 0 Å². The summed E-state index contributed by atoms with van der Waals surface area (Å²) in [6, 6.07) is 1.41. The molecule has 104 valence electrons. The first-order valence-electron chi connectivity index (χ1n) is 6.61. The molecule has 2 nitrogen and oxygen atoms in total. The van der Waals surface area contributed by atoms with E-state index in [1.54, 1.807) is 0 Å². The van der Waals surface area contributed by atoms with Crippen molar-refractivity contribution < 1.29 is 18.3 Å². The lowest BCUT2D eigenvalue weighted by Crippen LogP contribution is -2.54. The van der Waals surface area contributed by atoms with Crippen LogP contribution in [0.5, 0.6) is 0 Å². The minimum Gasteiger partial charge on any atom is -0.385 e. The van der Waals surface area contributed by atoms with E-state index in [0.29, 0.717) is 12.1 Å². The Hall–Kier alpha value is -1.07. The molecule has 1 aromatic carbocycles. The molecule has 2 N–H and O–H groups in total. The van der Waals surface area contributed by atoms with E-state index in [9.17, 15) is 18.3 Å². The van der Waals surface area contributed by atoms with Crippen molar-refractivity contribution in [3.05, 3.63) is 35.1 Å². The highest BCUT2D eigenvalue weighted by Gasteiger charge is 2.44. The number of hydrogen-bond donors (Lipinski definition) is 2. The molecule has 2 heterocycles. The quantitative estimate of drug-likeness (QED) is 0.823. The Balaban J connectivity index is 2.01. The fourth-order valence-electron chi connectivity index (χ4n) is 3.52. The van der Waals surface area contributed by atoms with Crippen LogP contribution in [0.2, 0.25) is 0 Å². The van der Waals surface area contributed by atoms with E-state index in [0.717, 1.165) is 19.3 Å². The van der Waals surface area contributed by atoms with E-state index in [1.165, 1.54) is 0 Å². The maximum Gasteiger partial charge on any atom is 0.135 e. The van der Waals surface area contributed by atoms with Crippen LogP contribution in [0.15, 0.2) is 12.1 Å². The number of aliphatic hydroxyl groups is 1. The van der Waals surface area contributed by atoms with E-state index >= 15 is 0 Å². The van der Waals surface area contributed by atoms with Crippen molar-refractivity contribution in [3.63, 3.8) is 0 Å². The zero-order valence-corrected chi connectivity index (χ0v) is 10.4. The van der Waals surface area contributed by atoms with Crippen LogP contribution in [0.4, 0.5) is 13.2 Å². The molecule has 0 saturated carbocycles. The lowest BCUT2D eigenvalue weighted by Gasteiger charge is -2.45. The topological polar surface area (TPSA) is 32.3 Å². The average molecular weight is 271 g/mol. The van der Waals surface area contributed by atoms with Crippen LogP contribution >= 0.6 is 0 Å². The van der Waals surface area contributed by atoms with Crippen LogP contribution in [-0.4, -0.2) is 17.2 Å². The van der Waals surface area contributed by atoms with Gasteiger partial charge in [-0.2, -0.15) is 0 Å². The Kier molecular flexibility index (Phi) is 3.06. The van der Waals surface area contributed by atoms with Crippen LogP contribution in [0.3, 0.4) is 0 Å². The summed E-state index contributed by atoms with van der Waals surface area (Å²) in [7, 11) is 0. The summed E-state index contributed by atoms with van der Waals surface area (Å²) in [5.41, 5.74) is -1.92. The normalized spacial score (nSPS) is 34.3.